The van der Waals surface area contributed by atoms with Crippen molar-refractivity contribution in [1.29, 1.82) is 0 Å². The average Bonchev–Trinajstić information content (AvgIpc) is 2.34. The van der Waals surface area contributed by atoms with Gasteiger partial charge >= 0.3 is 5.97 Å². The molecule has 0 aliphatic carbocycles. The van der Waals surface area contributed by atoms with Crippen LogP contribution in [0.4, 0.5) is 0 Å². The van der Waals surface area contributed by atoms with E-state index in [1.807, 2.05) is 17.8 Å². The van der Waals surface area contributed by atoms with Gasteiger partial charge in [0.1, 0.15) is 0 Å². The van der Waals surface area contributed by atoms with Gasteiger partial charge in [0.15, 0.2) is 0 Å². The van der Waals surface area contributed by atoms with Crippen LogP contribution in [0.5, 0.6) is 0 Å². The van der Waals surface area contributed by atoms with Crippen LogP contribution in [-0.4, -0.2) is 49.4 Å². The second-order valence-electron chi connectivity index (χ2n) is 3.89. The van der Waals surface area contributed by atoms with E-state index in [0.29, 0.717) is 5.56 Å². The topological polar surface area (TPSA) is 42.4 Å². The van der Waals surface area contributed by atoms with Crippen LogP contribution in [0.15, 0.2) is 18.3 Å². The molecule has 1 rings (SSSR count). The van der Waals surface area contributed by atoms with Crippen LogP contribution in [0.25, 0.3) is 0 Å². The summed E-state index contributed by atoms with van der Waals surface area (Å²) in [4.78, 5) is 17.6. The first-order valence-corrected chi connectivity index (χ1v) is 6.54. The standard InChI is InChI=1S/C12H18N2O2S/c1-14(2)6-7-17-9-11-5-4-10(8-13-11)12(15)16-3/h4-5,8H,6-7,9H2,1-3H3. The van der Waals surface area contributed by atoms with E-state index in [-0.39, 0.29) is 5.97 Å². The van der Waals surface area contributed by atoms with Crippen molar-refractivity contribution in [2.75, 3.05) is 33.5 Å². The van der Waals surface area contributed by atoms with Gasteiger partial charge in [-0.15, -0.1) is 0 Å². The Morgan fingerprint density at radius 2 is 2.24 bits per heavy atom. The number of esters is 1. The summed E-state index contributed by atoms with van der Waals surface area (Å²) in [5.74, 6) is 1.60. The van der Waals surface area contributed by atoms with Crippen molar-refractivity contribution < 1.29 is 9.53 Å². The Kier molecular flexibility index (Phi) is 6.00. The van der Waals surface area contributed by atoms with Crippen molar-refractivity contribution in [3.8, 4) is 0 Å². The molecule has 0 aromatic carbocycles. The number of ether oxygens (including phenoxy) is 1. The largest absolute Gasteiger partial charge is 0.465 e. The molecule has 0 N–H and O–H groups in total. The number of aromatic nitrogens is 1. The Labute approximate surface area is 106 Å². The molecule has 0 saturated heterocycles. The highest BCUT2D eigenvalue weighted by Gasteiger charge is 2.05. The van der Waals surface area contributed by atoms with Crippen molar-refractivity contribution in [3.63, 3.8) is 0 Å². The SMILES string of the molecule is COC(=O)c1ccc(CSCCN(C)C)nc1. The zero-order valence-electron chi connectivity index (χ0n) is 10.5. The summed E-state index contributed by atoms with van der Waals surface area (Å²) >= 11 is 1.83. The molecule has 1 heterocycles. The molecule has 0 spiro atoms. The molecule has 1 aromatic rings. The maximum Gasteiger partial charge on any atom is 0.339 e. The van der Waals surface area contributed by atoms with E-state index in [4.69, 9.17) is 0 Å². The van der Waals surface area contributed by atoms with Gasteiger partial charge in [0.25, 0.3) is 0 Å². The summed E-state index contributed by atoms with van der Waals surface area (Å²) in [6, 6.07) is 3.62. The third-order valence-corrected chi connectivity index (χ3v) is 3.15. The minimum Gasteiger partial charge on any atom is -0.465 e. The van der Waals surface area contributed by atoms with Crippen molar-refractivity contribution in [2.24, 2.45) is 0 Å². The van der Waals surface area contributed by atoms with Crippen LogP contribution < -0.4 is 0 Å². The van der Waals surface area contributed by atoms with Crippen LogP contribution in [-0.2, 0) is 10.5 Å². The number of pyridine rings is 1. The highest BCUT2D eigenvalue weighted by molar-refractivity contribution is 7.98. The number of carbonyl (C=O) groups is 1. The van der Waals surface area contributed by atoms with Crippen molar-refractivity contribution in [3.05, 3.63) is 29.6 Å². The Morgan fingerprint density at radius 3 is 2.76 bits per heavy atom. The Hall–Kier alpha value is -1.07. The molecule has 0 atom stereocenters. The number of rotatable bonds is 6. The fourth-order valence-electron chi connectivity index (χ4n) is 1.17. The molecule has 0 amide bonds. The molecular formula is C12H18N2O2S. The Balaban J connectivity index is 2.38. The van der Waals surface area contributed by atoms with Crippen LogP contribution in [0, 0.1) is 0 Å². The third kappa shape index (κ3) is 5.19. The maximum atomic E-state index is 11.2. The third-order valence-electron chi connectivity index (χ3n) is 2.18. The number of nitrogens with zero attached hydrogens (tertiary/aromatic N) is 2. The zero-order chi connectivity index (χ0) is 12.7. The van der Waals surface area contributed by atoms with Gasteiger partial charge in [-0.05, 0) is 26.2 Å². The minimum atomic E-state index is -0.343. The van der Waals surface area contributed by atoms with Gasteiger partial charge in [0.2, 0.25) is 0 Å². The lowest BCUT2D eigenvalue weighted by Gasteiger charge is -2.08. The molecule has 1 aromatic heterocycles. The van der Waals surface area contributed by atoms with Crippen LogP contribution >= 0.6 is 11.8 Å². The van der Waals surface area contributed by atoms with Crippen LogP contribution in [0.1, 0.15) is 16.1 Å². The van der Waals surface area contributed by atoms with E-state index in [1.165, 1.54) is 7.11 Å². The monoisotopic (exact) mass is 254 g/mol. The predicted octanol–water partition coefficient (Wildman–Crippen LogP) is 1.66. The Morgan fingerprint density at radius 1 is 1.47 bits per heavy atom. The van der Waals surface area contributed by atoms with Gasteiger partial charge in [0, 0.05) is 24.2 Å². The second-order valence-corrected chi connectivity index (χ2v) is 4.99. The summed E-state index contributed by atoms with van der Waals surface area (Å²) in [6.45, 7) is 1.06. The van der Waals surface area contributed by atoms with E-state index in [1.54, 1.807) is 12.3 Å². The fraction of sp³-hybridized carbons (Fsp3) is 0.500. The van der Waals surface area contributed by atoms with E-state index < -0.39 is 0 Å². The number of hydrogen-bond donors (Lipinski definition) is 0. The molecule has 17 heavy (non-hydrogen) atoms. The first kappa shape index (κ1) is 14.0. The minimum absolute atomic E-state index is 0.343. The predicted molar refractivity (Wildman–Crippen MR) is 70.3 cm³/mol. The molecule has 4 nitrogen and oxygen atoms in total. The molecule has 0 saturated carbocycles. The van der Waals surface area contributed by atoms with E-state index >= 15 is 0 Å². The van der Waals surface area contributed by atoms with E-state index in [9.17, 15) is 4.79 Å². The van der Waals surface area contributed by atoms with Crippen molar-refractivity contribution in [2.45, 2.75) is 5.75 Å². The Bertz CT molecular complexity index is 352. The molecule has 5 heteroatoms. The summed E-state index contributed by atoms with van der Waals surface area (Å²) < 4.78 is 4.61. The lowest BCUT2D eigenvalue weighted by atomic mass is 10.2. The summed E-state index contributed by atoms with van der Waals surface area (Å²) in [7, 11) is 5.49. The molecule has 0 radical (unpaired) electrons. The second kappa shape index (κ2) is 7.29. The summed E-state index contributed by atoms with van der Waals surface area (Å²) in [5.41, 5.74) is 1.48. The van der Waals surface area contributed by atoms with Gasteiger partial charge in [-0.2, -0.15) is 11.8 Å². The molecule has 0 fully saturated rings. The molecular weight excluding hydrogens is 236 g/mol. The first-order chi connectivity index (χ1) is 8.13. The van der Waals surface area contributed by atoms with Crippen LogP contribution in [0.2, 0.25) is 0 Å². The fourth-order valence-corrected chi connectivity index (χ4v) is 2.19. The number of hydrogen-bond acceptors (Lipinski definition) is 5. The average molecular weight is 254 g/mol. The normalized spacial score (nSPS) is 10.6. The molecule has 0 bridgehead atoms. The summed E-state index contributed by atoms with van der Waals surface area (Å²) in [6.07, 6.45) is 1.56. The lowest BCUT2D eigenvalue weighted by Crippen LogP contribution is -2.14. The zero-order valence-corrected chi connectivity index (χ0v) is 11.3. The molecule has 0 aliphatic heterocycles. The van der Waals surface area contributed by atoms with E-state index in [2.05, 4.69) is 28.7 Å². The number of methoxy groups -OCH3 is 1. The van der Waals surface area contributed by atoms with Gasteiger partial charge in [-0.25, -0.2) is 4.79 Å². The number of carbonyl (C=O) groups excluding carboxylic acids is 1. The molecule has 0 aliphatic rings. The highest BCUT2D eigenvalue weighted by Crippen LogP contribution is 2.10. The van der Waals surface area contributed by atoms with Gasteiger partial charge in [-0.1, -0.05) is 0 Å². The van der Waals surface area contributed by atoms with Crippen molar-refractivity contribution in [1.82, 2.24) is 9.88 Å². The van der Waals surface area contributed by atoms with Crippen LogP contribution in [0.3, 0.4) is 0 Å². The van der Waals surface area contributed by atoms with Gasteiger partial charge < -0.3 is 9.64 Å². The van der Waals surface area contributed by atoms with Gasteiger partial charge in [-0.3, -0.25) is 4.98 Å². The summed E-state index contributed by atoms with van der Waals surface area (Å²) in [5, 5.41) is 0. The van der Waals surface area contributed by atoms with Gasteiger partial charge in [0.05, 0.1) is 18.4 Å². The quantitative estimate of drug-likeness (QED) is 0.570. The molecule has 0 unspecified atom stereocenters. The van der Waals surface area contributed by atoms with Crippen molar-refractivity contribution >= 4 is 17.7 Å². The maximum absolute atomic E-state index is 11.2. The van der Waals surface area contributed by atoms with E-state index in [0.717, 1.165) is 23.7 Å². The lowest BCUT2D eigenvalue weighted by molar-refractivity contribution is 0.0600. The number of thioether (sulfide) groups is 1. The smallest absolute Gasteiger partial charge is 0.339 e. The molecule has 94 valence electrons. The first-order valence-electron chi connectivity index (χ1n) is 5.39. The highest BCUT2D eigenvalue weighted by atomic mass is 32.2.